The molecule has 0 radical (unpaired) electrons. The lowest BCUT2D eigenvalue weighted by Gasteiger charge is -2.10. The van der Waals surface area contributed by atoms with E-state index in [9.17, 15) is 0 Å². The molecular formula is C11H10N6S2. The van der Waals surface area contributed by atoms with Gasteiger partial charge < -0.3 is 4.90 Å². The summed E-state index contributed by atoms with van der Waals surface area (Å²) in [7, 11) is 0. The third-order valence-corrected chi connectivity index (χ3v) is 4.66. The van der Waals surface area contributed by atoms with Crippen LogP contribution >= 0.6 is 23.1 Å². The molecule has 6 nitrogen and oxygen atoms in total. The minimum atomic E-state index is 0.319. The molecule has 1 saturated heterocycles. The molecule has 96 valence electrons. The van der Waals surface area contributed by atoms with Gasteiger partial charge in [-0.2, -0.15) is 5.26 Å². The van der Waals surface area contributed by atoms with Crippen molar-refractivity contribution in [2.75, 3.05) is 18.0 Å². The minimum Gasteiger partial charge on any atom is -0.347 e. The molecule has 0 amide bonds. The van der Waals surface area contributed by atoms with E-state index >= 15 is 0 Å². The average Bonchev–Trinajstić information content (AvgIpc) is 3.10. The number of nitriles is 1. The van der Waals surface area contributed by atoms with Crippen LogP contribution in [0, 0.1) is 11.3 Å². The molecule has 1 aliphatic rings. The average molecular weight is 290 g/mol. The third-order valence-electron chi connectivity index (χ3n) is 2.71. The number of aromatic nitrogens is 4. The van der Waals surface area contributed by atoms with Gasteiger partial charge in [-0.1, -0.05) is 11.3 Å². The molecule has 1 fully saturated rings. The fourth-order valence-corrected chi connectivity index (χ4v) is 3.55. The molecule has 19 heavy (non-hydrogen) atoms. The monoisotopic (exact) mass is 290 g/mol. The molecule has 1 aliphatic heterocycles. The van der Waals surface area contributed by atoms with E-state index in [1.165, 1.54) is 30.8 Å². The molecule has 0 atom stereocenters. The molecular weight excluding hydrogens is 280 g/mol. The van der Waals surface area contributed by atoms with Crippen LogP contribution in [-0.2, 0) is 0 Å². The second-order valence-electron chi connectivity index (χ2n) is 4.00. The summed E-state index contributed by atoms with van der Waals surface area (Å²) < 4.78 is 0.848. The number of hydrogen-bond acceptors (Lipinski definition) is 8. The Morgan fingerprint density at radius 3 is 2.74 bits per heavy atom. The quantitative estimate of drug-likeness (QED) is 0.854. The Kier molecular flexibility index (Phi) is 3.57. The summed E-state index contributed by atoms with van der Waals surface area (Å²) in [5.74, 6) is 0. The van der Waals surface area contributed by atoms with E-state index in [0.29, 0.717) is 5.69 Å². The standard InChI is InChI=1S/C11H10N6S2/c12-5-8-6-14-9(7-13-8)18-11-16-15-10(19-11)17-3-1-2-4-17/h6-7H,1-4H2. The van der Waals surface area contributed by atoms with E-state index in [1.54, 1.807) is 17.5 Å². The zero-order chi connectivity index (χ0) is 13.1. The highest BCUT2D eigenvalue weighted by Gasteiger charge is 2.17. The molecule has 0 saturated carbocycles. The van der Waals surface area contributed by atoms with Crippen LogP contribution < -0.4 is 4.90 Å². The van der Waals surface area contributed by atoms with Crippen LogP contribution in [0.2, 0.25) is 0 Å². The first-order chi connectivity index (χ1) is 9.35. The second-order valence-corrected chi connectivity index (χ2v) is 6.22. The molecule has 3 heterocycles. The van der Waals surface area contributed by atoms with Gasteiger partial charge in [-0.05, 0) is 24.6 Å². The first-order valence-corrected chi connectivity index (χ1v) is 7.47. The predicted molar refractivity (Wildman–Crippen MR) is 72.2 cm³/mol. The lowest BCUT2D eigenvalue weighted by molar-refractivity contribution is 0.912. The normalized spacial score (nSPS) is 14.6. The van der Waals surface area contributed by atoms with Gasteiger partial charge in [0.2, 0.25) is 5.13 Å². The topological polar surface area (TPSA) is 78.6 Å². The van der Waals surface area contributed by atoms with Crippen LogP contribution in [0.1, 0.15) is 18.5 Å². The Labute approximate surface area is 118 Å². The molecule has 2 aromatic rings. The summed E-state index contributed by atoms with van der Waals surface area (Å²) in [6.45, 7) is 2.13. The summed E-state index contributed by atoms with van der Waals surface area (Å²) in [6, 6.07) is 1.94. The van der Waals surface area contributed by atoms with E-state index in [-0.39, 0.29) is 0 Å². The summed E-state index contributed by atoms with van der Waals surface area (Å²) in [4.78, 5) is 10.4. The summed E-state index contributed by atoms with van der Waals surface area (Å²) in [5.41, 5.74) is 0.319. The van der Waals surface area contributed by atoms with Gasteiger partial charge in [0, 0.05) is 13.1 Å². The Morgan fingerprint density at radius 1 is 1.21 bits per heavy atom. The van der Waals surface area contributed by atoms with Crippen molar-refractivity contribution < 1.29 is 0 Å². The van der Waals surface area contributed by atoms with Gasteiger partial charge in [0.15, 0.2) is 10.0 Å². The number of rotatable bonds is 3. The molecule has 0 bridgehead atoms. The maximum Gasteiger partial charge on any atom is 0.209 e. The van der Waals surface area contributed by atoms with Gasteiger partial charge >= 0.3 is 0 Å². The van der Waals surface area contributed by atoms with Gasteiger partial charge in [0.1, 0.15) is 11.1 Å². The summed E-state index contributed by atoms with van der Waals surface area (Å²) in [5, 5.41) is 18.7. The first-order valence-electron chi connectivity index (χ1n) is 5.83. The smallest absolute Gasteiger partial charge is 0.209 e. The Morgan fingerprint density at radius 2 is 2.05 bits per heavy atom. The number of hydrogen-bond donors (Lipinski definition) is 0. The highest BCUT2D eigenvalue weighted by molar-refractivity contribution is 8.01. The third kappa shape index (κ3) is 2.83. The molecule has 0 aliphatic carbocycles. The zero-order valence-electron chi connectivity index (χ0n) is 9.98. The molecule has 0 N–H and O–H groups in total. The van der Waals surface area contributed by atoms with Crippen LogP contribution in [0.15, 0.2) is 21.8 Å². The van der Waals surface area contributed by atoms with Gasteiger partial charge in [0.05, 0.1) is 12.4 Å². The molecule has 2 aromatic heterocycles. The largest absolute Gasteiger partial charge is 0.347 e. The van der Waals surface area contributed by atoms with Crippen molar-refractivity contribution >= 4 is 28.2 Å². The van der Waals surface area contributed by atoms with Crippen molar-refractivity contribution in [3.8, 4) is 6.07 Å². The molecule has 3 rings (SSSR count). The van der Waals surface area contributed by atoms with Crippen LogP contribution in [-0.4, -0.2) is 33.3 Å². The van der Waals surface area contributed by atoms with E-state index in [2.05, 4.69) is 25.1 Å². The maximum absolute atomic E-state index is 8.66. The molecule has 0 unspecified atom stereocenters. The van der Waals surface area contributed by atoms with Gasteiger partial charge in [-0.3, -0.25) is 0 Å². The minimum absolute atomic E-state index is 0.319. The number of anilines is 1. The fraction of sp³-hybridized carbons (Fsp3) is 0.364. The van der Waals surface area contributed by atoms with Crippen molar-refractivity contribution in [2.45, 2.75) is 22.2 Å². The van der Waals surface area contributed by atoms with Crippen molar-refractivity contribution in [3.05, 3.63) is 18.1 Å². The lowest BCUT2D eigenvalue weighted by atomic mass is 10.4. The van der Waals surface area contributed by atoms with Crippen molar-refractivity contribution in [1.82, 2.24) is 20.2 Å². The van der Waals surface area contributed by atoms with E-state index in [4.69, 9.17) is 5.26 Å². The van der Waals surface area contributed by atoms with E-state index in [1.807, 2.05) is 6.07 Å². The van der Waals surface area contributed by atoms with E-state index in [0.717, 1.165) is 27.6 Å². The summed E-state index contributed by atoms with van der Waals surface area (Å²) in [6.07, 6.45) is 5.50. The van der Waals surface area contributed by atoms with Crippen LogP contribution in [0.25, 0.3) is 0 Å². The molecule has 0 aromatic carbocycles. The van der Waals surface area contributed by atoms with Crippen LogP contribution in [0.4, 0.5) is 5.13 Å². The van der Waals surface area contributed by atoms with E-state index < -0.39 is 0 Å². The van der Waals surface area contributed by atoms with Crippen molar-refractivity contribution in [2.24, 2.45) is 0 Å². The highest BCUT2D eigenvalue weighted by atomic mass is 32.2. The zero-order valence-corrected chi connectivity index (χ0v) is 11.6. The maximum atomic E-state index is 8.66. The molecule has 8 heteroatoms. The lowest BCUT2D eigenvalue weighted by Crippen LogP contribution is -2.17. The number of nitrogens with zero attached hydrogens (tertiary/aromatic N) is 6. The Hall–Kier alpha value is -1.72. The summed E-state index contributed by atoms with van der Waals surface area (Å²) >= 11 is 2.99. The van der Waals surface area contributed by atoms with Crippen molar-refractivity contribution in [1.29, 1.82) is 5.26 Å². The predicted octanol–water partition coefficient (Wildman–Crippen LogP) is 1.95. The van der Waals surface area contributed by atoms with Gasteiger partial charge in [-0.15, -0.1) is 10.2 Å². The SMILES string of the molecule is N#Cc1cnc(Sc2nnc(N3CCCC3)s2)cn1. The second kappa shape index (κ2) is 5.50. The first kappa shape index (κ1) is 12.3. The van der Waals surface area contributed by atoms with Gasteiger partial charge in [0.25, 0.3) is 0 Å². The van der Waals surface area contributed by atoms with Crippen molar-refractivity contribution in [3.63, 3.8) is 0 Å². The van der Waals surface area contributed by atoms with Gasteiger partial charge in [-0.25, -0.2) is 9.97 Å². The van der Waals surface area contributed by atoms with Crippen LogP contribution in [0.3, 0.4) is 0 Å². The highest BCUT2D eigenvalue weighted by Crippen LogP contribution is 2.32. The Bertz CT molecular complexity index is 596. The molecule has 0 spiro atoms. The van der Waals surface area contributed by atoms with Crippen LogP contribution in [0.5, 0.6) is 0 Å². The Balaban J connectivity index is 1.70. The fourth-order valence-electron chi connectivity index (χ4n) is 1.80.